The van der Waals surface area contributed by atoms with E-state index in [1.165, 1.54) is 0 Å². The topological polar surface area (TPSA) is 29.5 Å². The van der Waals surface area contributed by atoms with Crippen molar-refractivity contribution in [2.75, 3.05) is 7.11 Å². The molecule has 2 aromatic carbocycles. The minimum absolute atomic E-state index is 0.606. The molecule has 0 aromatic heterocycles. The van der Waals surface area contributed by atoms with Crippen LogP contribution in [0.5, 0.6) is 5.75 Å². The average Bonchev–Trinajstić information content (AvgIpc) is 2.48. The highest BCUT2D eigenvalue weighted by Gasteiger charge is 2.05. The standard InChI is InChI=1S/C17H17BrO2/c1-12(13-5-9-16(20-2)10-6-13)11-17(19)14-3-7-15(18)8-4-14/h3-11,17,19H,1-2H3/b12-11+. The van der Waals surface area contributed by atoms with Crippen LogP contribution in [0, 0.1) is 0 Å². The second kappa shape index (κ2) is 6.73. The van der Waals surface area contributed by atoms with E-state index in [0.717, 1.165) is 26.9 Å². The van der Waals surface area contributed by atoms with Crippen molar-refractivity contribution in [3.8, 4) is 5.75 Å². The molecule has 0 amide bonds. The van der Waals surface area contributed by atoms with Gasteiger partial charge in [0.15, 0.2) is 0 Å². The minimum atomic E-state index is -0.606. The average molecular weight is 333 g/mol. The molecule has 2 rings (SSSR count). The van der Waals surface area contributed by atoms with Crippen molar-refractivity contribution in [3.05, 3.63) is 70.2 Å². The summed E-state index contributed by atoms with van der Waals surface area (Å²) < 4.78 is 6.14. The van der Waals surface area contributed by atoms with Crippen LogP contribution in [0.1, 0.15) is 24.2 Å². The third kappa shape index (κ3) is 3.71. The third-order valence-corrected chi connectivity index (χ3v) is 3.69. The number of allylic oxidation sites excluding steroid dienone is 1. The van der Waals surface area contributed by atoms with Gasteiger partial charge in [0.2, 0.25) is 0 Å². The van der Waals surface area contributed by atoms with Crippen molar-refractivity contribution < 1.29 is 9.84 Å². The lowest BCUT2D eigenvalue weighted by Gasteiger charge is -2.09. The van der Waals surface area contributed by atoms with Crippen molar-refractivity contribution in [1.82, 2.24) is 0 Å². The van der Waals surface area contributed by atoms with Gasteiger partial charge in [0.05, 0.1) is 13.2 Å². The van der Waals surface area contributed by atoms with Crippen LogP contribution < -0.4 is 4.74 Å². The monoisotopic (exact) mass is 332 g/mol. The van der Waals surface area contributed by atoms with E-state index in [9.17, 15) is 5.11 Å². The predicted octanol–water partition coefficient (Wildman–Crippen LogP) is 4.59. The number of methoxy groups -OCH3 is 1. The van der Waals surface area contributed by atoms with E-state index in [4.69, 9.17) is 4.74 Å². The zero-order valence-corrected chi connectivity index (χ0v) is 13.1. The van der Waals surface area contributed by atoms with E-state index in [1.54, 1.807) is 7.11 Å². The molecular formula is C17H17BrO2. The molecule has 104 valence electrons. The van der Waals surface area contributed by atoms with Gasteiger partial charge in [-0.25, -0.2) is 0 Å². The molecule has 0 fully saturated rings. The molecule has 0 saturated heterocycles. The van der Waals surface area contributed by atoms with Crippen LogP contribution in [0.25, 0.3) is 5.57 Å². The fourth-order valence-electron chi connectivity index (χ4n) is 1.94. The van der Waals surface area contributed by atoms with E-state index < -0.39 is 6.10 Å². The summed E-state index contributed by atoms with van der Waals surface area (Å²) in [5, 5.41) is 10.2. The zero-order chi connectivity index (χ0) is 14.5. The van der Waals surface area contributed by atoms with Crippen molar-refractivity contribution in [1.29, 1.82) is 0 Å². The summed E-state index contributed by atoms with van der Waals surface area (Å²) in [5.74, 6) is 0.829. The number of aliphatic hydroxyl groups is 1. The van der Waals surface area contributed by atoms with Gasteiger partial charge in [0.1, 0.15) is 5.75 Å². The summed E-state index contributed by atoms with van der Waals surface area (Å²) in [6, 6.07) is 15.5. The quantitative estimate of drug-likeness (QED) is 0.886. The van der Waals surface area contributed by atoms with Crippen molar-refractivity contribution in [3.63, 3.8) is 0 Å². The largest absolute Gasteiger partial charge is 0.497 e. The van der Waals surface area contributed by atoms with Gasteiger partial charge in [-0.2, -0.15) is 0 Å². The first-order chi connectivity index (χ1) is 9.60. The molecule has 1 N–H and O–H groups in total. The van der Waals surface area contributed by atoms with Crippen LogP contribution in [0.3, 0.4) is 0 Å². The highest BCUT2D eigenvalue weighted by atomic mass is 79.9. The van der Waals surface area contributed by atoms with E-state index in [0.29, 0.717) is 0 Å². The van der Waals surface area contributed by atoms with Crippen LogP contribution in [0.2, 0.25) is 0 Å². The number of aliphatic hydroxyl groups excluding tert-OH is 1. The highest BCUT2D eigenvalue weighted by Crippen LogP contribution is 2.23. The van der Waals surface area contributed by atoms with E-state index in [-0.39, 0.29) is 0 Å². The highest BCUT2D eigenvalue weighted by molar-refractivity contribution is 9.10. The van der Waals surface area contributed by atoms with Crippen LogP contribution >= 0.6 is 15.9 Å². The SMILES string of the molecule is COc1ccc(/C(C)=C/C(O)c2ccc(Br)cc2)cc1. The Morgan fingerprint density at radius 1 is 1.10 bits per heavy atom. The van der Waals surface area contributed by atoms with Crippen LogP contribution in [-0.4, -0.2) is 12.2 Å². The van der Waals surface area contributed by atoms with Crippen molar-refractivity contribution >= 4 is 21.5 Å². The lowest BCUT2D eigenvalue weighted by Crippen LogP contribution is -1.94. The van der Waals surface area contributed by atoms with Gasteiger partial charge in [0, 0.05) is 4.47 Å². The number of hydrogen-bond acceptors (Lipinski definition) is 2. The Morgan fingerprint density at radius 3 is 2.25 bits per heavy atom. The Labute approximate surface area is 127 Å². The summed E-state index contributed by atoms with van der Waals surface area (Å²) in [5.41, 5.74) is 2.98. The van der Waals surface area contributed by atoms with Gasteiger partial charge in [-0.05, 0) is 54.0 Å². The molecule has 1 atom stereocenters. The molecule has 2 nitrogen and oxygen atoms in total. The summed E-state index contributed by atoms with van der Waals surface area (Å²) >= 11 is 3.39. The molecule has 0 spiro atoms. The first-order valence-corrected chi connectivity index (χ1v) is 7.16. The molecule has 0 aliphatic carbocycles. The molecule has 0 saturated carbocycles. The number of hydrogen-bond donors (Lipinski definition) is 1. The van der Waals surface area contributed by atoms with Crippen LogP contribution in [0.4, 0.5) is 0 Å². The molecule has 0 aliphatic heterocycles. The third-order valence-electron chi connectivity index (χ3n) is 3.16. The first-order valence-electron chi connectivity index (χ1n) is 6.36. The smallest absolute Gasteiger partial charge is 0.118 e. The van der Waals surface area contributed by atoms with Gasteiger partial charge >= 0.3 is 0 Å². The number of rotatable bonds is 4. The van der Waals surface area contributed by atoms with Crippen molar-refractivity contribution in [2.45, 2.75) is 13.0 Å². The molecular weight excluding hydrogens is 316 g/mol. The van der Waals surface area contributed by atoms with E-state index in [1.807, 2.05) is 61.5 Å². The molecule has 0 radical (unpaired) electrons. The fourth-order valence-corrected chi connectivity index (χ4v) is 2.21. The number of ether oxygens (including phenoxy) is 1. The first kappa shape index (κ1) is 14.8. The Bertz CT molecular complexity index is 585. The molecule has 0 aliphatic rings. The Hall–Kier alpha value is -1.58. The molecule has 0 bridgehead atoms. The lowest BCUT2D eigenvalue weighted by molar-refractivity contribution is 0.229. The van der Waals surface area contributed by atoms with Gasteiger partial charge in [-0.15, -0.1) is 0 Å². The van der Waals surface area contributed by atoms with Crippen LogP contribution in [-0.2, 0) is 0 Å². The zero-order valence-electron chi connectivity index (χ0n) is 11.5. The normalized spacial score (nSPS) is 13.1. The van der Waals surface area contributed by atoms with Gasteiger partial charge in [-0.3, -0.25) is 0 Å². The van der Waals surface area contributed by atoms with Gasteiger partial charge < -0.3 is 9.84 Å². The molecule has 2 aromatic rings. The van der Waals surface area contributed by atoms with Crippen LogP contribution in [0.15, 0.2) is 59.1 Å². The Kier molecular flexibility index (Phi) is 4.99. The van der Waals surface area contributed by atoms with Crippen molar-refractivity contribution in [2.24, 2.45) is 0 Å². The molecule has 1 unspecified atom stereocenters. The summed E-state index contributed by atoms with van der Waals surface area (Å²) in [7, 11) is 1.65. The maximum atomic E-state index is 10.2. The lowest BCUT2D eigenvalue weighted by atomic mass is 10.0. The number of benzene rings is 2. The van der Waals surface area contributed by atoms with E-state index >= 15 is 0 Å². The second-order valence-electron chi connectivity index (χ2n) is 4.57. The maximum Gasteiger partial charge on any atom is 0.118 e. The minimum Gasteiger partial charge on any atom is -0.497 e. The Balaban J connectivity index is 2.17. The summed E-state index contributed by atoms with van der Waals surface area (Å²) in [4.78, 5) is 0. The maximum absolute atomic E-state index is 10.2. The Morgan fingerprint density at radius 2 is 1.70 bits per heavy atom. The predicted molar refractivity (Wildman–Crippen MR) is 85.7 cm³/mol. The van der Waals surface area contributed by atoms with Gasteiger partial charge in [-0.1, -0.05) is 40.2 Å². The summed E-state index contributed by atoms with van der Waals surface area (Å²) in [6.45, 7) is 1.99. The van der Waals surface area contributed by atoms with Gasteiger partial charge in [0.25, 0.3) is 0 Å². The second-order valence-corrected chi connectivity index (χ2v) is 5.49. The van der Waals surface area contributed by atoms with E-state index in [2.05, 4.69) is 15.9 Å². The molecule has 0 heterocycles. The molecule has 3 heteroatoms. The number of halogens is 1. The molecule has 20 heavy (non-hydrogen) atoms. The summed E-state index contributed by atoms with van der Waals surface area (Å²) in [6.07, 6.45) is 1.25. The fraction of sp³-hybridized carbons (Fsp3) is 0.176.